The topological polar surface area (TPSA) is 96.4 Å². The van der Waals surface area contributed by atoms with Gasteiger partial charge < -0.3 is 19.5 Å². The number of nitrogens with zero attached hydrogens (tertiary/aromatic N) is 2. The summed E-state index contributed by atoms with van der Waals surface area (Å²) in [5, 5.41) is 9.42. The van der Waals surface area contributed by atoms with Gasteiger partial charge in [0.15, 0.2) is 0 Å². The number of ether oxygens (including phenoxy) is 2. The van der Waals surface area contributed by atoms with Crippen LogP contribution in [0.5, 0.6) is 0 Å². The van der Waals surface area contributed by atoms with Crippen LogP contribution in [0.25, 0.3) is 0 Å². The average Bonchev–Trinajstić information content (AvgIpc) is 3.00. The lowest BCUT2D eigenvalue weighted by Gasteiger charge is -2.28. The Morgan fingerprint density at radius 3 is 2.38 bits per heavy atom. The van der Waals surface area contributed by atoms with Crippen molar-refractivity contribution < 1.29 is 29.0 Å². The van der Waals surface area contributed by atoms with Crippen molar-refractivity contribution in [3.8, 4) is 0 Å². The molecule has 3 unspecified atom stereocenters. The number of amides is 2. The first kappa shape index (κ1) is 18.5. The van der Waals surface area contributed by atoms with Gasteiger partial charge in [0.25, 0.3) is 0 Å². The van der Waals surface area contributed by atoms with Crippen molar-refractivity contribution in [2.24, 2.45) is 5.41 Å². The third-order valence-electron chi connectivity index (χ3n) is 4.42. The van der Waals surface area contributed by atoms with E-state index in [1.807, 2.05) is 0 Å². The number of likely N-dealkylation sites (N-methyl/N-ethyl adjacent to an activating group) is 1. The molecule has 0 aromatic carbocycles. The van der Waals surface area contributed by atoms with Gasteiger partial charge in [-0.25, -0.2) is 9.59 Å². The number of hydrogen-bond acceptors (Lipinski definition) is 5. The lowest BCUT2D eigenvalue weighted by Crippen LogP contribution is -2.45. The van der Waals surface area contributed by atoms with Gasteiger partial charge in [0.2, 0.25) is 5.91 Å². The van der Waals surface area contributed by atoms with Gasteiger partial charge in [-0.15, -0.1) is 0 Å². The Bertz CT molecular complexity index is 541. The van der Waals surface area contributed by atoms with Crippen LogP contribution in [0.4, 0.5) is 4.79 Å². The quantitative estimate of drug-likeness (QED) is 0.799. The molecule has 2 aliphatic rings. The van der Waals surface area contributed by atoms with Crippen LogP contribution in [-0.4, -0.2) is 77.9 Å². The summed E-state index contributed by atoms with van der Waals surface area (Å²) in [5.74, 6) is -1.20. The molecule has 0 bridgehead atoms. The lowest BCUT2D eigenvalue weighted by molar-refractivity contribution is -0.143. The Morgan fingerprint density at radius 2 is 1.88 bits per heavy atom. The summed E-state index contributed by atoms with van der Waals surface area (Å²) >= 11 is 0. The molecule has 8 heteroatoms. The number of rotatable bonds is 5. The summed E-state index contributed by atoms with van der Waals surface area (Å²) < 4.78 is 10.8. The molecule has 1 N–H and O–H groups in total. The Balaban J connectivity index is 2.00. The highest BCUT2D eigenvalue weighted by molar-refractivity contribution is 5.82. The number of hydrogen-bond donors (Lipinski definition) is 1. The molecule has 24 heavy (non-hydrogen) atoms. The fraction of sp³-hybridized carbons (Fsp3) is 0.812. The van der Waals surface area contributed by atoms with E-state index in [0.29, 0.717) is 12.8 Å². The van der Waals surface area contributed by atoms with Crippen molar-refractivity contribution in [1.29, 1.82) is 0 Å². The molecule has 0 radical (unpaired) electrons. The third kappa shape index (κ3) is 3.80. The van der Waals surface area contributed by atoms with Crippen molar-refractivity contribution >= 4 is 18.0 Å². The van der Waals surface area contributed by atoms with Crippen LogP contribution in [0.1, 0.15) is 33.6 Å². The second-order valence-electron chi connectivity index (χ2n) is 7.81. The van der Waals surface area contributed by atoms with E-state index in [1.54, 1.807) is 34.9 Å². The maximum Gasteiger partial charge on any atom is 0.411 e. The van der Waals surface area contributed by atoms with Crippen molar-refractivity contribution in [1.82, 2.24) is 9.80 Å². The fourth-order valence-electron chi connectivity index (χ4n) is 3.10. The SMILES string of the molecule is CN(C)C(=O)COCC12CC(C(=O)O)N(C(=O)OC(C)(C)C)C1C2. The minimum absolute atomic E-state index is 0.0500. The molecule has 0 spiro atoms. The number of fused-ring (bicyclic) bond motifs is 1. The first-order chi connectivity index (χ1) is 11.0. The van der Waals surface area contributed by atoms with E-state index in [4.69, 9.17) is 9.47 Å². The van der Waals surface area contributed by atoms with Crippen LogP contribution in [0.2, 0.25) is 0 Å². The van der Waals surface area contributed by atoms with Crippen LogP contribution in [-0.2, 0) is 19.1 Å². The fourth-order valence-corrected chi connectivity index (χ4v) is 3.10. The normalized spacial score (nSPS) is 28.3. The zero-order chi connectivity index (χ0) is 18.3. The van der Waals surface area contributed by atoms with Crippen LogP contribution < -0.4 is 0 Å². The highest BCUT2D eigenvalue weighted by Gasteiger charge is 2.68. The number of carbonyl (C=O) groups is 3. The summed E-state index contributed by atoms with van der Waals surface area (Å²) in [7, 11) is 3.29. The summed E-state index contributed by atoms with van der Waals surface area (Å²) in [6.45, 7) is 5.44. The molecule has 2 amide bonds. The van der Waals surface area contributed by atoms with Crippen LogP contribution in [0.15, 0.2) is 0 Å². The number of aliphatic carboxylic acids is 1. The highest BCUT2D eigenvalue weighted by atomic mass is 16.6. The van der Waals surface area contributed by atoms with Gasteiger partial charge in [-0.2, -0.15) is 0 Å². The monoisotopic (exact) mass is 342 g/mol. The van der Waals surface area contributed by atoms with E-state index >= 15 is 0 Å². The van der Waals surface area contributed by atoms with E-state index < -0.39 is 23.7 Å². The maximum atomic E-state index is 12.4. The minimum Gasteiger partial charge on any atom is -0.480 e. The molecule has 1 saturated carbocycles. The first-order valence-electron chi connectivity index (χ1n) is 7.99. The molecule has 2 rings (SSSR count). The largest absolute Gasteiger partial charge is 0.480 e. The van der Waals surface area contributed by atoms with Crippen LogP contribution in [0, 0.1) is 5.41 Å². The summed E-state index contributed by atoms with van der Waals surface area (Å²) in [4.78, 5) is 38.2. The van der Waals surface area contributed by atoms with Gasteiger partial charge in [0.05, 0.1) is 6.61 Å². The number of carboxylic acid groups (broad SMARTS) is 1. The molecular formula is C16H26N2O6. The van der Waals surface area contributed by atoms with Gasteiger partial charge in [-0.05, 0) is 33.6 Å². The smallest absolute Gasteiger partial charge is 0.411 e. The molecule has 3 atom stereocenters. The summed E-state index contributed by atoms with van der Waals surface area (Å²) in [5.41, 5.74) is -1.07. The van der Waals surface area contributed by atoms with E-state index in [0.717, 1.165) is 0 Å². The number of likely N-dealkylation sites (tertiary alicyclic amines) is 1. The second-order valence-corrected chi connectivity index (χ2v) is 7.81. The molecule has 0 aromatic rings. The predicted octanol–water partition coefficient (Wildman–Crippen LogP) is 0.944. The Morgan fingerprint density at radius 1 is 1.25 bits per heavy atom. The molecule has 1 heterocycles. The van der Waals surface area contributed by atoms with Crippen molar-refractivity contribution in [3.63, 3.8) is 0 Å². The Kier molecular flexibility index (Phi) is 4.81. The number of carbonyl (C=O) groups excluding carboxylic acids is 2. The first-order valence-corrected chi connectivity index (χ1v) is 7.99. The molecule has 8 nitrogen and oxygen atoms in total. The van der Waals surface area contributed by atoms with Crippen molar-refractivity contribution in [2.45, 2.75) is 51.3 Å². The van der Waals surface area contributed by atoms with E-state index in [9.17, 15) is 19.5 Å². The lowest BCUT2D eigenvalue weighted by atomic mass is 10.0. The van der Waals surface area contributed by atoms with Crippen LogP contribution >= 0.6 is 0 Å². The second kappa shape index (κ2) is 6.23. The zero-order valence-electron chi connectivity index (χ0n) is 14.9. The number of carboxylic acids is 1. The van der Waals surface area contributed by atoms with Crippen LogP contribution in [0.3, 0.4) is 0 Å². The van der Waals surface area contributed by atoms with Gasteiger partial charge in [-0.1, -0.05) is 0 Å². The summed E-state index contributed by atoms with van der Waals surface area (Å²) in [6.07, 6.45) is 0.387. The van der Waals surface area contributed by atoms with E-state index in [1.165, 1.54) is 9.80 Å². The van der Waals surface area contributed by atoms with Crippen molar-refractivity contribution in [2.75, 3.05) is 27.3 Å². The average molecular weight is 342 g/mol. The molecule has 0 aromatic heterocycles. The van der Waals surface area contributed by atoms with Gasteiger partial charge in [-0.3, -0.25) is 9.69 Å². The Hall–Kier alpha value is -1.83. The number of piperidine rings is 1. The molecule has 1 aliphatic heterocycles. The minimum atomic E-state index is -1.04. The maximum absolute atomic E-state index is 12.4. The Labute approximate surface area is 141 Å². The molecule has 1 saturated heterocycles. The highest BCUT2D eigenvalue weighted by Crippen LogP contribution is 2.59. The zero-order valence-corrected chi connectivity index (χ0v) is 14.9. The third-order valence-corrected chi connectivity index (χ3v) is 4.42. The van der Waals surface area contributed by atoms with E-state index in [-0.39, 0.29) is 30.6 Å². The van der Waals surface area contributed by atoms with Gasteiger partial charge in [0.1, 0.15) is 18.2 Å². The molecule has 136 valence electrons. The van der Waals surface area contributed by atoms with Crippen molar-refractivity contribution in [3.05, 3.63) is 0 Å². The predicted molar refractivity (Wildman–Crippen MR) is 84.5 cm³/mol. The van der Waals surface area contributed by atoms with Gasteiger partial charge >= 0.3 is 12.1 Å². The van der Waals surface area contributed by atoms with Gasteiger partial charge in [0, 0.05) is 25.6 Å². The molecular weight excluding hydrogens is 316 g/mol. The molecule has 2 fully saturated rings. The summed E-state index contributed by atoms with van der Waals surface area (Å²) in [6, 6.07) is -1.12. The standard InChI is InChI=1S/C16H26N2O6/c1-15(2,3)24-14(22)18-10(13(20)21)6-16(7-11(16)18)9-23-8-12(19)17(4)5/h10-11H,6-9H2,1-5H3,(H,20,21). The molecule has 1 aliphatic carbocycles. The van der Waals surface area contributed by atoms with E-state index in [2.05, 4.69) is 0 Å².